The summed E-state index contributed by atoms with van der Waals surface area (Å²) in [5.74, 6) is 1.27. The van der Waals surface area contributed by atoms with E-state index in [1.54, 1.807) is 34.5 Å². The molecule has 0 saturated carbocycles. The van der Waals surface area contributed by atoms with E-state index in [2.05, 4.69) is 0 Å². The van der Waals surface area contributed by atoms with Gasteiger partial charge in [0.05, 0.1) is 14.2 Å². The van der Waals surface area contributed by atoms with Gasteiger partial charge >= 0.3 is 5.69 Å². The van der Waals surface area contributed by atoms with Crippen molar-refractivity contribution in [1.29, 1.82) is 0 Å². The van der Waals surface area contributed by atoms with Crippen LogP contribution in [0.15, 0.2) is 29.2 Å². The van der Waals surface area contributed by atoms with Gasteiger partial charge in [0, 0.05) is 25.9 Å². The van der Waals surface area contributed by atoms with Gasteiger partial charge in [0.25, 0.3) is 0 Å². The minimum atomic E-state index is -0.153. The molecule has 0 aliphatic rings. The third-order valence-corrected chi connectivity index (χ3v) is 3.63. The summed E-state index contributed by atoms with van der Waals surface area (Å²) in [6, 6.07) is 5.54. The Morgan fingerprint density at radius 2 is 1.75 bits per heavy atom. The van der Waals surface area contributed by atoms with Gasteiger partial charge in [-0.15, -0.1) is 0 Å². The van der Waals surface area contributed by atoms with Crippen LogP contribution in [-0.4, -0.2) is 23.4 Å². The quantitative estimate of drug-likeness (QED) is 0.813. The Kier molecular flexibility index (Phi) is 3.94. The van der Waals surface area contributed by atoms with Crippen molar-refractivity contribution in [3.8, 4) is 22.6 Å². The molecule has 0 radical (unpaired) electrons. The van der Waals surface area contributed by atoms with Crippen LogP contribution in [0.2, 0.25) is 0 Å². The number of methoxy groups -OCH3 is 2. The molecule has 0 N–H and O–H groups in total. The van der Waals surface area contributed by atoms with Crippen LogP contribution in [0.3, 0.4) is 0 Å². The van der Waals surface area contributed by atoms with Gasteiger partial charge in [-0.05, 0) is 17.7 Å². The lowest BCUT2D eigenvalue weighted by molar-refractivity contribution is 0.355. The van der Waals surface area contributed by atoms with Crippen molar-refractivity contribution in [3.05, 3.63) is 39.5 Å². The zero-order valence-corrected chi connectivity index (χ0v) is 12.7. The van der Waals surface area contributed by atoms with Gasteiger partial charge in [-0.25, -0.2) is 4.79 Å². The molecule has 20 heavy (non-hydrogen) atoms. The molecule has 0 saturated heterocycles. The number of aromatic nitrogens is 2. The first-order valence-corrected chi connectivity index (χ1v) is 6.39. The number of hydrogen-bond acceptors (Lipinski definition) is 4. The van der Waals surface area contributed by atoms with Gasteiger partial charge in [-0.1, -0.05) is 18.3 Å². The molecule has 106 valence electrons. The molecule has 1 aromatic carbocycles. The number of rotatable bonds is 3. The molecule has 6 heteroatoms. The second-order valence-electron chi connectivity index (χ2n) is 4.37. The third kappa shape index (κ3) is 2.34. The topological polar surface area (TPSA) is 45.4 Å². The Morgan fingerprint density at radius 1 is 1.10 bits per heavy atom. The van der Waals surface area contributed by atoms with Gasteiger partial charge in [0.1, 0.15) is 4.64 Å². The van der Waals surface area contributed by atoms with E-state index in [0.717, 1.165) is 11.1 Å². The Labute approximate surface area is 122 Å². The fraction of sp³-hybridized carbons (Fsp3) is 0.286. The highest BCUT2D eigenvalue weighted by Crippen LogP contribution is 2.32. The van der Waals surface area contributed by atoms with Crippen molar-refractivity contribution in [2.45, 2.75) is 0 Å². The predicted molar refractivity (Wildman–Crippen MR) is 80.0 cm³/mol. The van der Waals surface area contributed by atoms with Crippen molar-refractivity contribution >= 4 is 12.2 Å². The highest BCUT2D eigenvalue weighted by molar-refractivity contribution is 7.71. The maximum absolute atomic E-state index is 11.8. The number of ether oxygens (including phenoxy) is 2. The average molecular weight is 292 g/mol. The summed E-state index contributed by atoms with van der Waals surface area (Å²) in [5.41, 5.74) is 1.52. The molecule has 5 nitrogen and oxygen atoms in total. The van der Waals surface area contributed by atoms with E-state index >= 15 is 0 Å². The molecule has 0 bridgehead atoms. The van der Waals surface area contributed by atoms with E-state index in [9.17, 15) is 4.79 Å². The van der Waals surface area contributed by atoms with Gasteiger partial charge in [0.15, 0.2) is 11.5 Å². The van der Waals surface area contributed by atoms with Gasteiger partial charge < -0.3 is 14.0 Å². The highest BCUT2D eigenvalue weighted by atomic mass is 32.1. The van der Waals surface area contributed by atoms with E-state index in [1.165, 1.54) is 9.13 Å². The van der Waals surface area contributed by atoms with Crippen molar-refractivity contribution in [1.82, 2.24) is 9.13 Å². The zero-order valence-electron chi connectivity index (χ0n) is 11.8. The van der Waals surface area contributed by atoms with Crippen LogP contribution in [0.5, 0.6) is 11.5 Å². The summed E-state index contributed by atoms with van der Waals surface area (Å²) in [7, 11) is 6.52. The van der Waals surface area contributed by atoms with E-state index in [1.807, 2.05) is 18.2 Å². The minimum Gasteiger partial charge on any atom is -0.493 e. The van der Waals surface area contributed by atoms with E-state index in [4.69, 9.17) is 21.7 Å². The summed E-state index contributed by atoms with van der Waals surface area (Å²) < 4.78 is 13.9. The van der Waals surface area contributed by atoms with Crippen molar-refractivity contribution in [2.75, 3.05) is 14.2 Å². The van der Waals surface area contributed by atoms with Crippen LogP contribution < -0.4 is 15.2 Å². The van der Waals surface area contributed by atoms with Gasteiger partial charge in [-0.3, -0.25) is 4.57 Å². The molecule has 1 aromatic heterocycles. The summed E-state index contributed by atoms with van der Waals surface area (Å²) in [6.07, 6.45) is 1.73. The Hall–Kier alpha value is -2.08. The lowest BCUT2D eigenvalue weighted by atomic mass is 10.1. The summed E-state index contributed by atoms with van der Waals surface area (Å²) in [5, 5.41) is 0. The van der Waals surface area contributed by atoms with Gasteiger partial charge in [-0.2, -0.15) is 0 Å². The summed E-state index contributed by atoms with van der Waals surface area (Å²) in [4.78, 5) is 11.8. The number of hydrogen-bond donors (Lipinski definition) is 0. The molecule has 2 rings (SSSR count). The fourth-order valence-corrected chi connectivity index (χ4v) is 2.26. The number of nitrogens with zero attached hydrogens (tertiary/aromatic N) is 2. The van der Waals surface area contributed by atoms with Crippen molar-refractivity contribution in [3.63, 3.8) is 0 Å². The monoisotopic (exact) mass is 292 g/mol. The molecule has 0 spiro atoms. The van der Waals surface area contributed by atoms with Crippen LogP contribution in [0.4, 0.5) is 0 Å². The molecule has 0 amide bonds. The molecule has 0 fully saturated rings. The number of benzene rings is 1. The predicted octanol–water partition coefficient (Wildman–Crippen LogP) is 2.14. The maximum Gasteiger partial charge on any atom is 0.328 e. The standard InChI is InChI=1S/C14H16N2O3S/c1-15-8-10(13(20)16(2)14(15)17)9-5-6-11(18-3)12(7-9)19-4/h5-8H,1-4H3. The summed E-state index contributed by atoms with van der Waals surface area (Å²) in [6.45, 7) is 0. The minimum absolute atomic E-state index is 0.153. The van der Waals surface area contributed by atoms with Crippen LogP contribution >= 0.6 is 12.2 Å². The zero-order chi connectivity index (χ0) is 14.9. The smallest absolute Gasteiger partial charge is 0.328 e. The molecular weight excluding hydrogens is 276 g/mol. The first kappa shape index (κ1) is 14.3. The van der Waals surface area contributed by atoms with Crippen LogP contribution in [-0.2, 0) is 14.1 Å². The molecule has 1 heterocycles. The van der Waals surface area contributed by atoms with E-state index in [-0.39, 0.29) is 5.69 Å². The molecule has 0 aliphatic heterocycles. The third-order valence-electron chi connectivity index (χ3n) is 3.14. The highest BCUT2D eigenvalue weighted by Gasteiger charge is 2.10. The van der Waals surface area contributed by atoms with Crippen LogP contribution in [0.25, 0.3) is 11.1 Å². The number of aryl methyl sites for hydroxylation is 1. The first-order chi connectivity index (χ1) is 9.49. The van der Waals surface area contributed by atoms with Crippen LogP contribution in [0, 0.1) is 4.64 Å². The Bertz CT molecular complexity index is 762. The lowest BCUT2D eigenvalue weighted by Gasteiger charge is -2.12. The second-order valence-corrected chi connectivity index (χ2v) is 4.76. The molecular formula is C14H16N2O3S. The second kappa shape index (κ2) is 5.50. The average Bonchev–Trinajstić information content (AvgIpc) is 2.48. The normalized spacial score (nSPS) is 10.4. The fourth-order valence-electron chi connectivity index (χ4n) is 2.01. The first-order valence-electron chi connectivity index (χ1n) is 5.98. The van der Waals surface area contributed by atoms with Crippen molar-refractivity contribution < 1.29 is 9.47 Å². The molecule has 0 unspecified atom stereocenters. The Morgan fingerprint density at radius 3 is 2.35 bits per heavy atom. The SMILES string of the molecule is COc1ccc(-c2cn(C)c(=O)n(C)c2=S)cc1OC. The molecule has 0 aliphatic carbocycles. The summed E-state index contributed by atoms with van der Waals surface area (Å²) >= 11 is 5.34. The van der Waals surface area contributed by atoms with Crippen molar-refractivity contribution in [2.24, 2.45) is 14.1 Å². The lowest BCUT2D eigenvalue weighted by Crippen LogP contribution is -2.27. The van der Waals surface area contributed by atoms with E-state index in [0.29, 0.717) is 16.1 Å². The molecule has 2 aromatic rings. The Balaban J connectivity index is 2.69. The molecule has 0 atom stereocenters. The van der Waals surface area contributed by atoms with Crippen LogP contribution in [0.1, 0.15) is 0 Å². The maximum atomic E-state index is 11.8. The van der Waals surface area contributed by atoms with E-state index < -0.39 is 0 Å². The largest absolute Gasteiger partial charge is 0.493 e. The van der Waals surface area contributed by atoms with Gasteiger partial charge in [0.2, 0.25) is 0 Å².